The summed E-state index contributed by atoms with van der Waals surface area (Å²) >= 11 is 0. The summed E-state index contributed by atoms with van der Waals surface area (Å²) in [5.41, 5.74) is 0.688. The molecule has 0 radical (unpaired) electrons. The topological polar surface area (TPSA) is 203 Å². The molecule has 258 valence electrons. The van der Waals surface area contributed by atoms with Crippen LogP contribution >= 0.6 is 0 Å². The summed E-state index contributed by atoms with van der Waals surface area (Å²) in [6, 6.07) is 15.5. The SMILES string of the molecule is CC1OC(c2ccccc2O)=N[C@@H]1C(=O)NCCCN(CCCNC(=O)c1cccc(O)c1O)C(=O)C1N=C(c2ccccc2O)O[C@@H]1C. The second-order valence-corrected chi connectivity index (χ2v) is 11.7. The van der Waals surface area contributed by atoms with Crippen molar-refractivity contribution in [1.82, 2.24) is 15.5 Å². The highest BCUT2D eigenvalue weighted by atomic mass is 16.5. The van der Waals surface area contributed by atoms with Crippen LogP contribution in [0.3, 0.4) is 0 Å². The Bertz CT molecular complexity index is 1760. The highest BCUT2D eigenvalue weighted by Crippen LogP contribution is 2.28. The van der Waals surface area contributed by atoms with Gasteiger partial charge < -0.3 is 45.4 Å². The van der Waals surface area contributed by atoms with Crippen LogP contribution in [-0.4, -0.2) is 105 Å². The van der Waals surface area contributed by atoms with E-state index in [0.717, 1.165) is 0 Å². The van der Waals surface area contributed by atoms with E-state index in [1.165, 1.54) is 30.3 Å². The fourth-order valence-electron chi connectivity index (χ4n) is 5.49. The van der Waals surface area contributed by atoms with Gasteiger partial charge >= 0.3 is 0 Å². The van der Waals surface area contributed by atoms with Crippen molar-refractivity contribution in [2.45, 2.75) is 51.0 Å². The molecule has 2 aliphatic heterocycles. The Kier molecular flexibility index (Phi) is 10.9. The number of phenolic OH excluding ortho intramolecular Hbond substituents is 4. The molecule has 0 saturated carbocycles. The molecule has 0 fully saturated rings. The minimum atomic E-state index is -0.887. The van der Waals surface area contributed by atoms with E-state index in [9.17, 15) is 34.8 Å². The number of ether oxygens (including phenoxy) is 2. The first-order chi connectivity index (χ1) is 23.5. The van der Waals surface area contributed by atoms with Crippen molar-refractivity contribution in [2.24, 2.45) is 9.98 Å². The number of carbonyl (C=O) groups is 3. The molecule has 2 unspecified atom stereocenters. The smallest absolute Gasteiger partial charge is 0.255 e. The molecule has 3 aromatic rings. The number of nitrogens with zero attached hydrogens (tertiary/aromatic N) is 3. The van der Waals surface area contributed by atoms with Gasteiger partial charge in [0.1, 0.15) is 23.7 Å². The number of phenols is 4. The average molecular weight is 674 g/mol. The zero-order valence-corrected chi connectivity index (χ0v) is 27.1. The van der Waals surface area contributed by atoms with E-state index in [-0.39, 0.29) is 66.9 Å². The number of benzene rings is 3. The first-order valence-corrected chi connectivity index (χ1v) is 16.0. The molecule has 5 rings (SSSR count). The van der Waals surface area contributed by atoms with Crippen LogP contribution in [0.2, 0.25) is 0 Å². The van der Waals surface area contributed by atoms with Crippen molar-refractivity contribution < 1.29 is 44.3 Å². The third kappa shape index (κ3) is 8.03. The van der Waals surface area contributed by atoms with Crippen LogP contribution in [0.1, 0.15) is 48.2 Å². The molecule has 14 nitrogen and oxygen atoms in total. The number of aliphatic imine (C=N–C) groups is 2. The third-order valence-corrected chi connectivity index (χ3v) is 8.15. The van der Waals surface area contributed by atoms with E-state index >= 15 is 0 Å². The van der Waals surface area contributed by atoms with Gasteiger partial charge in [0.2, 0.25) is 17.7 Å². The average Bonchev–Trinajstić information content (AvgIpc) is 3.67. The molecule has 4 atom stereocenters. The van der Waals surface area contributed by atoms with E-state index in [1.54, 1.807) is 55.1 Å². The molecule has 3 aromatic carbocycles. The molecule has 14 heteroatoms. The summed E-state index contributed by atoms with van der Waals surface area (Å²) < 4.78 is 11.6. The van der Waals surface area contributed by atoms with Crippen molar-refractivity contribution >= 4 is 29.5 Å². The van der Waals surface area contributed by atoms with Crippen molar-refractivity contribution in [2.75, 3.05) is 26.2 Å². The van der Waals surface area contributed by atoms with E-state index < -0.39 is 41.7 Å². The number of rotatable bonds is 13. The minimum Gasteiger partial charge on any atom is -0.507 e. The summed E-state index contributed by atoms with van der Waals surface area (Å²) in [5, 5.41) is 45.7. The van der Waals surface area contributed by atoms with E-state index in [2.05, 4.69) is 20.6 Å². The van der Waals surface area contributed by atoms with Gasteiger partial charge in [-0.1, -0.05) is 30.3 Å². The Hall–Kier alpha value is -5.79. The molecule has 0 saturated heterocycles. The number of aromatic hydroxyl groups is 4. The van der Waals surface area contributed by atoms with Crippen molar-refractivity contribution in [3.8, 4) is 23.0 Å². The molecule has 0 aliphatic carbocycles. The molecule has 3 amide bonds. The van der Waals surface area contributed by atoms with Gasteiger partial charge in [-0.3, -0.25) is 14.4 Å². The summed E-state index contributed by atoms with van der Waals surface area (Å²) in [7, 11) is 0. The fourth-order valence-corrected chi connectivity index (χ4v) is 5.49. The van der Waals surface area contributed by atoms with Gasteiger partial charge in [-0.15, -0.1) is 0 Å². The van der Waals surface area contributed by atoms with Crippen molar-refractivity contribution in [1.29, 1.82) is 0 Å². The lowest BCUT2D eigenvalue weighted by Crippen LogP contribution is -2.44. The summed E-state index contributed by atoms with van der Waals surface area (Å²) in [4.78, 5) is 49.9. The van der Waals surface area contributed by atoms with Crippen LogP contribution in [0.4, 0.5) is 0 Å². The Morgan fingerprint density at radius 2 is 1.20 bits per heavy atom. The zero-order valence-electron chi connectivity index (χ0n) is 27.1. The molecular weight excluding hydrogens is 634 g/mol. The van der Waals surface area contributed by atoms with Gasteiger partial charge in [0.05, 0.1) is 16.7 Å². The van der Waals surface area contributed by atoms with Crippen LogP contribution in [0.5, 0.6) is 23.0 Å². The largest absolute Gasteiger partial charge is 0.507 e. The second kappa shape index (κ2) is 15.4. The summed E-state index contributed by atoms with van der Waals surface area (Å²) in [5.74, 6) is -1.88. The third-order valence-electron chi connectivity index (χ3n) is 8.15. The number of amides is 3. The first-order valence-electron chi connectivity index (χ1n) is 16.0. The predicted octanol–water partition coefficient (Wildman–Crippen LogP) is 2.43. The number of carbonyl (C=O) groups excluding carboxylic acids is 3. The molecular formula is C35H39N5O9. The van der Waals surface area contributed by atoms with Crippen molar-refractivity contribution in [3.05, 3.63) is 83.4 Å². The molecule has 0 bridgehead atoms. The summed E-state index contributed by atoms with van der Waals surface area (Å²) in [6.45, 7) is 4.29. The Labute approximate surface area is 282 Å². The molecule has 0 spiro atoms. The zero-order chi connectivity index (χ0) is 35.1. The Morgan fingerprint density at radius 3 is 1.80 bits per heavy atom. The minimum absolute atomic E-state index is 0.00431. The van der Waals surface area contributed by atoms with Gasteiger partial charge in [0.15, 0.2) is 23.6 Å². The maximum atomic E-state index is 13.8. The highest BCUT2D eigenvalue weighted by Gasteiger charge is 2.37. The maximum absolute atomic E-state index is 13.8. The predicted molar refractivity (Wildman–Crippen MR) is 179 cm³/mol. The molecule has 6 N–H and O–H groups in total. The maximum Gasteiger partial charge on any atom is 0.255 e. The number of hydrogen-bond acceptors (Lipinski definition) is 11. The monoisotopic (exact) mass is 673 g/mol. The van der Waals surface area contributed by atoms with Crippen LogP contribution in [0.25, 0.3) is 0 Å². The Morgan fingerprint density at radius 1 is 0.694 bits per heavy atom. The second-order valence-electron chi connectivity index (χ2n) is 11.7. The molecule has 49 heavy (non-hydrogen) atoms. The standard InChI is InChI=1S/C35H39N5O9/c1-20-28(38-33(48-20)22-10-3-5-13-25(22)41)32(46)37-17-9-19-40(18-8-16-36-31(45)24-12-7-15-27(43)30(24)44)35(47)29-21(2)49-34(39-29)23-11-4-6-14-26(23)42/h3-7,10-15,20-21,28-29,41-44H,8-9,16-19H2,1-2H3,(H,36,45)(H,37,46)/t20?,21-,28+,29?/m1/s1. The normalized spacial score (nSPS) is 19.6. The number of nitrogens with one attached hydrogen (secondary N) is 2. The van der Waals surface area contributed by atoms with Crippen LogP contribution in [0, 0.1) is 0 Å². The number of para-hydroxylation sites is 3. The van der Waals surface area contributed by atoms with E-state index in [1.807, 2.05) is 0 Å². The van der Waals surface area contributed by atoms with Crippen LogP contribution < -0.4 is 10.6 Å². The number of hydrogen-bond donors (Lipinski definition) is 6. The lowest BCUT2D eigenvalue weighted by Gasteiger charge is -2.26. The first kappa shape index (κ1) is 34.5. The van der Waals surface area contributed by atoms with Gasteiger partial charge in [0, 0.05) is 26.2 Å². The van der Waals surface area contributed by atoms with Gasteiger partial charge in [-0.2, -0.15) is 0 Å². The summed E-state index contributed by atoms with van der Waals surface area (Å²) in [6.07, 6.45) is -0.429. The van der Waals surface area contributed by atoms with E-state index in [0.29, 0.717) is 24.0 Å². The van der Waals surface area contributed by atoms with E-state index in [4.69, 9.17) is 9.47 Å². The van der Waals surface area contributed by atoms with Crippen LogP contribution in [-0.2, 0) is 19.1 Å². The molecule has 0 aromatic heterocycles. The van der Waals surface area contributed by atoms with Gasteiger partial charge in [-0.05, 0) is 63.1 Å². The van der Waals surface area contributed by atoms with Gasteiger partial charge in [0.25, 0.3) is 11.8 Å². The molecule has 2 heterocycles. The molecule has 2 aliphatic rings. The van der Waals surface area contributed by atoms with Crippen LogP contribution in [0.15, 0.2) is 76.7 Å². The quantitative estimate of drug-likeness (QED) is 0.116. The Balaban J connectivity index is 1.21. The van der Waals surface area contributed by atoms with Gasteiger partial charge in [-0.25, -0.2) is 9.98 Å². The fraction of sp³-hybridized carbons (Fsp3) is 0.343. The lowest BCUT2D eigenvalue weighted by atomic mass is 10.1. The lowest BCUT2D eigenvalue weighted by molar-refractivity contribution is -0.134. The van der Waals surface area contributed by atoms with Crippen molar-refractivity contribution in [3.63, 3.8) is 0 Å². The highest BCUT2D eigenvalue weighted by molar-refractivity contribution is 6.01.